The van der Waals surface area contributed by atoms with Crippen LogP contribution in [0, 0.1) is 0 Å². The van der Waals surface area contributed by atoms with Crippen LogP contribution in [0.15, 0.2) is 42.6 Å². The van der Waals surface area contributed by atoms with Crippen LogP contribution in [-0.2, 0) is 17.9 Å². The number of nitrogens with zero attached hydrogens (tertiary/aromatic N) is 1. The first-order valence-electron chi connectivity index (χ1n) is 8.93. The van der Waals surface area contributed by atoms with Gasteiger partial charge in [-0.25, -0.2) is 0 Å². The van der Waals surface area contributed by atoms with Crippen molar-refractivity contribution in [3.8, 4) is 5.75 Å². The molecule has 1 N–H and O–H groups in total. The molecule has 27 heavy (non-hydrogen) atoms. The van der Waals surface area contributed by atoms with Crippen molar-refractivity contribution < 1.29 is 14.3 Å². The molecule has 0 aliphatic carbocycles. The molecule has 0 unspecified atom stereocenters. The molecular formula is C21H21ClN2O3. The Morgan fingerprint density at radius 2 is 2.11 bits per heavy atom. The summed E-state index contributed by atoms with van der Waals surface area (Å²) in [4.78, 5) is 12.7. The molecule has 0 atom stereocenters. The Hall–Kier alpha value is -2.50. The van der Waals surface area contributed by atoms with Crippen LogP contribution < -0.4 is 10.1 Å². The van der Waals surface area contributed by atoms with Crippen molar-refractivity contribution in [3.05, 3.63) is 64.3 Å². The van der Waals surface area contributed by atoms with Gasteiger partial charge in [-0.2, -0.15) is 0 Å². The van der Waals surface area contributed by atoms with Crippen molar-refractivity contribution >= 4 is 28.4 Å². The minimum Gasteiger partial charge on any atom is -0.467 e. The number of fused-ring (bicyclic) bond motifs is 2. The van der Waals surface area contributed by atoms with Gasteiger partial charge in [-0.15, -0.1) is 0 Å². The number of carbonyl (C=O) groups is 1. The maximum Gasteiger partial charge on any atom is 0.251 e. The molecule has 5 nitrogen and oxygen atoms in total. The second kappa shape index (κ2) is 7.25. The second-order valence-electron chi connectivity index (χ2n) is 6.94. The van der Waals surface area contributed by atoms with Crippen LogP contribution in [0.1, 0.15) is 41.4 Å². The predicted octanol–water partition coefficient (Wildman–Crippen LogP) is 4.67. The van der Waals surface area contributed by atoms with E-state index in [-0.39, 0.29) is 12.7 Å². The van der Waals surface area contributed by atoms with Gasteiger partial charge in [0.25, 0.3) is 5.91 Å². The lowest BCUT2D eigenvalue weighted by molar-refractivity contribution is -0.0170. The van der Waals surface area contributed by atoms with Crippen LogP contribution in [-0.4, -0.2) is 17.3 Å². The molecular weight excluding hydrogens is 364 g/mol. The third-order valence-electron chi connectivity index (χ3n) is 4.73. The van der Waals surface area contributed by atoms with E-state index in [0.717, 1.165) is 27.8 Å². The minimum atomic E-state index is -0.130. The molecule has 1 aromatic heterocycles. The summed E-state index contributed by atoms with van der Waals surface area (Å²) in [5.41, 5.74) is 3.43. The van der Waals surface area contributed by atoms with Crippen LogP contribution in [0.3, 0.4) is 0 Å². The van der Waals surface area contributed by atoms with E-state index in [2.05, 4.69) is 36.0 Å². The van der Waals surface area contributed by atoms with Gasteiger partial charge in [0.05, 0.1) is 6.61 Å². The Morgan fingerprint density at radius 1 is 1.26 bits per heavy atom. The molecule has 0 fully saturated rings. The van der Waals surface area contributed by atoms with Crippen molar-refractivity contribution in [2.45, 2.75) is 33.0 Å². The van der Waals surface area contributed by atoms with Crippen molar-refractivity contribution in [2.75, 3.05) is 6.79 Å². The predicted molar refractivity (Wildman–Crippen MR) is 105 cm³/mol. The smallest absolute Gasteiger partial charge is 0.251 e. The summed E-state index contributed by atoms with van der Waals surface area (Å²) in [6.45, 7) is 5.25. The number of aromatic nitrogens is 1. The molecule has 6 heteroatoms. The van der Waals surface area contributed by atoms with Gasteiger partial charge < -0.3 is 19.4 Å². The van der Waals surface area contributed by atoms with Gasteiger partial charge in [0.2, 0.25) is 0 Å². The molecule has 0 spiro atoms. The second-order valence-corrected chi connectivity index (χ2v) is 7.37. The summed E-state index contributed by atoms with van der Waals surface area (Å²) in [7, 11) is 0. The fourth-order valence-corrected chi connectivity index (χ4v) is 3.67. The van der Waals surface area contributed by atoms with Gasteiger partial charge in [-0.05, 0) is 49.6 Å². The standard InChI is InChI=1S/C21H21ClN2O3/c1-13(2)24-6-5-14-3-4-15(9-19(14)24)21(25)23-10-16-7-18(22)8-17-11-26-12-27-20(16)17/h3-9,13H,10-12H2,1-2H3,(H,23,25). The molecule has 1 aliphatic rings. The zero-order valence-corrected chi connectivity index (χ0v) is 16.0. The molecule has 140 valence electrons. The van der Waals surface area contributed by atoms with E-state index >= 15 is 0 Å². The fourth-order valence-electron chi connectivity index (χ4n) is 3.41. The topological polar surface area (TPSA) is 52.5 Å². The van der Waals surface area contributed by atoms with Crippen LogP contribution in [0.4, 0.5) is 0 Å². The number of nitrogens with one attached hydrogen (secondary N) is 1. The Balaban J connectivity index is 1.56. The third kappa shape index (κ3) is 3.53. The molecule has 0 radical (unpaired) electrons. The molecule has 2 aromatic carbocycles. The average molecular weight is 385 g/mol. The van der Waals surface area contributed by atoms with E-state index in [0.29, 0.717) is 29.8 Å². The first-order valence-corrected chi connectivity index (χ1v) is 9.31. The summed E-state index contributed by atoms with van der Waals surface area (Å²) in [6.07, 6.45) is 2.05. The quantitative estimate of drug-likeness (QED) is 0.711. The van der Waals surface area contributed by atoms with Gasteiger partial charge in [0.15, 0.2) is 6.79 Å². The van der Waals surface area contributed by atoms with Crippen LogP contribution in [0.25, 0.3) is 10.9 Å². The van der Waals surface area contributed by atoms with E-state index in [4.69, 9.17) is 21.1 Å². The van der Waals surface area contributed by atoms with Gasteiger partial charge in [0.1, 0.15) is 5.75 Å². The monoisotopic (exact) mass is 384 g/mol. The van der Waals surface area contributed by atoms with Crippen molar-refractivity contribution in [1.29, 1.82) is 0 Å². The normalized spacial score (nSPS) is 13.5. The first kappa shape index (κ1) is 17.9. The lowest BCUT2D eigenvalue weighted by Crippen LogP contribution is -2.24. The highest BCUT2D eigenvalue weighted by molar-refractivity contribution is 6.30. The van der Waals surface area contributed by atoms with E-state index < -0.39 is 0 Å². The van der Waals surface area contributed by atoms with Gasteiger partial charge in [0, 0.05) is 46.0 Å². The number of ether oxygens (including phenoxy) is 2. The number of benzene rings is 2. The number of hydrogen-bond donors (Lipinski definition) is 1. The Morgan fingerprint density at radius 3 is 2.93 bits per heavy atom. The molecule has 0 saturated carbocycles. The van der Waals surface area contributed by atoms with Crippen molar-refractivity contribution in [1.82, 2.24) is 9.88 Å². The average Bonchev–Trinajstić information content (AvgIpc) is 3.09. The van der Waals surface area contributed by atoms with E-state index in [1.54, 1.807) is 0 Å². The highest BCUT2D eigenvalue weighted by Crippen LogP contribution is 2.31. The number of hydrogen-bond acceptors (Lipinski definition) is 3. The van der Waals surface area contributed by atoms with Crippen LogP contribution in [0.5, 0.6) is 5.75 Å². The number of amides is 1. The molecule has 0 bridgehead atoms. The van der Waals surface area contributed by atoms with Gasteiger partial charge in [-0.1, -0.05) is 17.7 Å². The summed E-state index contributed by atoms with van der Waals surface area (Å²) < 4.78 is 13.1. The first-order chi connectivity index (χ1) is 13.0. The number of rotatable bonds is 4. The molecule has 2 heterocycles. The third-order valence-corrected chi connectivity index (χ3v) is 4.95. The maximum absolute atomic E-state index is 12.7. The van der Waals surface area contributed by atoms with Crippen LogP contribution in [0.2, 0.25) is 5.02 Å². The van der Waals surface area contributed by atoms with E-state index in [1.807, 2.05) is 30.3 Å². The highest BCUT2D eigenvalue weighted by Gasteiger charge is 2.17. The number of halogens is 1. The van der Waals surface area contributed by atoms with E-state index in [9.17, 15) is 4.79 Å². The summed E-state index contributed by atoms with van der Waals surface area (Å²) in [5, 5.41) is 4.69. The zero-order valence-electron chi connectivity index (χ0n) is 15.3. The van der Waals surface area contributed by atoms with Crippen LogP contribution >= 0.6 is 11.6 Å². The Labute approximate surface area is 162 Å². The Bertz CT molecular complexity index is 1010. The summed E-state index contributed by atoms with van der Waals surface area (Å²) >= 11 is 6.19. The maximum atomic E-state index is 12.7. The summed E-state index contributed by atoms with van der Waals surface area (Å²) in [5.74, 6) is 0.615. The van der Waals surface area contributed by atoms with Gasteiger partial charge >= 0.3 is 0 Å². The van der Waals surface area contributed by atoms with Gasteiger partial charge in [-0.3, -0.25) is 4.79 Å². The lowest BCUT2D eigenvalue weighted by Gasteiger charge is -2.21. The van der Waals surface area contributed by atoms with Crippen molar-refractivity contribution in [2.24, 2.45) is 0 Å². The molecule has 1 amide bonds. The molecule has 3 aromatic rings. The largest absolute Gasteiger partial charge is 0.467 e. The molecule has 0 saturated heterocycles. The highest BCUT2D eigenvalue weighted by atomic mass is 35.5. The number of carbonyl (C=O) groups excluding carboxylic acids is 1. The van der Waals surface area contributed by atoms with Crippen molar-refractivity contribution in [3.63, 3.8) is 0 Å². The minimum absolute atomic E-state index is 0.130. The fraction of sp³-hybridized carbons (Fsp3) is 0.286. The lowest BCUT2D eigenvalue weighted by atomic mass is 10.1. The Kier molecular flexibility index (Phi) is 4.81. The summed E-state index contributed by atoms with van der Waals surface area (Å²) in [6, 6.07) is 11.8. The SMILES string of the molecule is CC(C)n1ccc2ccc(C(=O)NCc3cc(Cl)cc4c3OCOC4)cc21. The zero-order chi connectivity index (χ0) is 19.0. The van der Waals surface area contributed by atoms with E-state index in [1.165, 1.54) is 0 Å². The molecule has 4 rings (SSSR count). The molecule has 1 aliphatic heterocycles.